The summed E-state index contributed by atoms with van der Waals surface area (Å²) >= 11 is 0. The van der Waals surface area contributed by atoms with Gasteiger partial charge in [0, 0.05) is 13.5 Å². The van der Waals surface area contributed by atoms with Crippen LogP contribution in [0, 0.1) is 5.92 Å². The molecule has 3 nitrogen and oxygen atoms in total. The topological polar surface area (TPSA) is 46.3 Å². The van der Waals surface area contributed by atoms with Crippen LogP contribution in [0.3, 0.4) is 0 Å². The Balaban J connectivity index is 1.95. The van der Waals surface area contributed by atoms with Crippen molar-refractivity contribution in [2.24, 2.45) is 11.7 Å². The maximum Gasteiger partial charge on any atom is 0.219 e. The fourth-order valence-electron chi connectivity index (χ4n) is 3.68. The van der Waals surface area contributed by atoms with Crippen molar-refractivity contribution in [3.63, 3.8) is 0 Å². The van der Waals surface area contributed by atoms with E-state index >= 15 is 0 Å². The summed E-state index contributed by atoms with van der Waals surface area (Å²) in [5.74, 6) is 0.574. The number of fused-ring (bicyclic) bond motifs is 1. The molecule has 0 radical (unpaired) electrons. The van der Waals surface area contributed by atoms with E-state index in [0.29, 0.717) is 12.5 Å². The normalized spacial score (nSPS) is 25.7. The van der Waals surface area contributed by atoms with Crippen molar-refractivity contribution in [2.45, 2.75) is 38.6 Å². The fraction of sp³-hybridized carbons (Fsp3) is 0.562. The van der Waals surface area contributed by atoms with Gasteiger partial charge in [0.05, 0.1) is 6.04 Å². The molecule has 1 fully saturated rings. The predicted octanol–water partition coefficient (Wildman–Crippen LogP) is 2.04. The minimum absolute atomic E-state index is 0.168. The number of hydrogen-bond donors (Lipinski definition) is 1. The summed E-state index contributed by atoms with van der Waals surface area (Å²) in [5.41, 5.74) is 10.1. The van der Waals surface area contributed by atoms with Gasteiger partial charge >= 0.3 is 0 Å². The third-order valence-electron chi connectivity index (χ3n) is 4.69. The molecule has 1 aliphatic carbocycles. The molecule has 102 valence electrons. The molecule has 2 N–H and O–H groups in total. The van der Waals surface area contributed by atoms with Crippen molar-refractivity contribution >= 4 is 5.91 Å². The number of carbonyl (C=O) groups is 1. The molecule has 0 aromatic heterocycles. The van der Waals surface area contributed by atoms with Gasteiger partial charge in [-0.1, -0.05) is 18.2 Å². The largest absolute Gasteiger partial charge is 0.336 e. The van der Waals surface area contributed by atoms with E-state index in [2.05, 4.69) is 18.2 Å². The highest BCUT2D eigenvalue weighted by atomic mass is 16.2. The Hall–Kier alpha value is -1.35. The SMILES string of the molecule is CC(=O)N1CCC(CN)C1c1ccc2c(c1)CCC2. The summed E-state index contributed by atoms with van der Waals surface area (Å²) in [6.45, 7) is 3.17. The minimum atomic E-state index is 0.168. The van der Waals surface area contributed by atoms with Gasteiger partial charge in [-0.2, -0.15) is 0 Å². The van der Waals surface area contributed by atoms with E-state index in [1.807, 2.05) is 4.90 Å². The summed E-state index contributed by atoms with van der Waals surface area (Å²) in [6.07, 6.45) is 4.68. The molecule has 1 heterocycles. The Kier molecular flexibility index (Phi) is 3.31. The molecule has 1 saturated heterocycles. The molecule has 1 aliphatic heterocycles. The van der Waals surface area contributed by atoms with Crippen LogP contribution in [0.5, 0.6) is 0 Å². The zero-order valence-corrected chi connectivity index (χ0v) is 11.6. The summed E-state index contributed by atoms with van der Waals surface area (Å²) < 4.78 is 0. The van der Waals surface area contributed by atoms with E-state index in [1.165, 1.54) is 36.0 Å². The van der Waals surface area contributed by atoms with Crippen LogP contribution >= 0.6 is 0 Å². The third kappa shape index (κ3) is 2.16. The highest BCUT2D eigenvalue weighted by molar-refractivity contribution is 5.74. The van der Waals surface area contributed by atoms with E-state index in [1.54, 1.807) is 6.92 Å². The molecule has 0 bridgehead atoms. The lowest BCUT2D eigenvalue weighted by Crippen LogP contribution is -2.31. The second-order valence-electron chi connectivity index (χ2n) is 5.82. The molecule has 2 unspecified atom stereocenters. The molecule has 1 aromatic carbocycles. The Labute approximate surface area is 114 Å². The average molecular weight is 258 g/mol. The number of aryl methyl sites for hydroxylation is 2. The average Bonchev–Trinajstić information content (AvgIpc) is 3.03. The zero-order valence-electron chi connectivity index (χ0n) is 11.6. The number of benzene rings is 1. The monoisotopic (exact) mass is 258 g/mol. The molecule has 3 rings (SSSR count). The molecule has 0 saturated carbocycles. The quantitative estimate of drug-likeness (QED) is 0.882. The van der Waals surface area contributed by atoms with E-state index in [4.69, 9.17) is 5.73 Å². The number of nitrogens with zero attached hydrogens (tertiary/aromatic N) is 1. The lowest BCUT2D eigenvalue weighted by Gasteiger charge is -2.28. The van der Waals surface area contributed by atoms with Gasteiger partial charge in [0.2, 0.25) is 5.91 Å². The number of hydrogen-bond acceptors (Lipinski definition) is 2. The van der Waals surface area contributed by atoms with E-state index < -0.39 is 0 Å². The van der Waals surface area contributed by atoms with Crippen LogP contribution in [-0.4, -0.2) is 23.9 Å². The molecule has 1 amide bonds. The van der Waals surface area contributed by atoms with Crippen LogP contribution in [0.4, 0.5) is 0 Å². The van der Waals surface area contributed by atoms with Gasteiger partial charge in [0.15, 0.2) is 0 Å². The highest BCUT2D eigenvalue weighted by Crippen LogP contribution is 2.38. The molecule has 0 spiro atoms. The lowest BCUT2D eigenvalue weighted by atomic mass is 9.92. The molecule has 2 atom stereocenters. The number of likely N-dealkylation sites (tertiary alicyclic amines) is 1. The van der Waals surface area contributed by atoms with Crippen LogP contribution in [0.15, 0.2) is 18.2 Å². The van der Waals surface area contributed by atoms with Gasteiger partial charge in [-0.15, -0.1) is 0 Å². The van der Waals surface area contributed by atoms with Crippen molar-refractivity contribution in [3.8, 4) is 0 Å². The highest BCUT2D eigenvalue weighted by Gasteiger charge is 2.36. The smallest absolute Gasteiger partial charge is 0.219 e. The lowest BCUT2D eigenvalue weighted by molar-refractivity contribution is -0.130. The second kappa shape index (κ2) is 4.97. The number of rotatable bonds is 2. The molecular formula is C16H22N2O. The summed E-state index contributed by atoms with van der Waals surface area (Å²) in [7, 11) is 0. The molecule has 1 aromatic rings. The van der Waals surface area contributed by atoms with Gasteiger partial charge < -0.3 is 10.6 Å². The second-order valence-corrected chi connectivity index (χ2v) is 5.82. The standard InChI is InChI=1S/C16H22N2O/c1-11(19)18-8-7-15(10-17)16(18)14-6-5-12-3-2-4-13(12)9-14/h5-6,9,15-16H,2-4,7-8,10,17H2,1H3. The molecule has 3 heteroatoms. The van der Waals surface area contributed by atoms with Gasteiger partial charge in [-0.3, -0.25) is 4.79 Å². The first-order valence-electron chi connectivity index (χ1n) is 7.29. The van der Waals surface area contributed by atoms with Gasteiger partial charge in [0.1, 0.15) is 0 Å². The Morgan fingerprint density at radius 2 is 2.16 bits per heavy atom. The number of nitrogens with two attached hydrogens (primary N) is 1. The Bertz CT molecular complexity index is 498. The van der Waals surface area contributed by atoms with Crippen molar-refractivity contribution in [1.82, 2.24) is 4.90 Å². The van der Waals surface area contributed by atoms with Crippen LogP contribution in [0.25, 0.3) is 0 Å². The Morgan fingerprint density at radius 3 is 2.89 bits per heavy atom. The number of amides is 1. The van der Waals surface area contributed by atoms with Gasteiger partial charge in [-0.05, 0) is 54.8 Å². The van der Waals surface area contributed by atoms with Crippen molar-refractivity contribution < 1.29 is 4.79 Å². The molecular weight excluding hydrogens is 236 g/mol. The van der Waals surface area contributed by atoms with Crippen molar-refractivity contribution in [1.29, 1.82) is 0 Å². The first-order chi connectivity index (χ1) is 9.20. The first kappa shape index (κ1) is 12.7. The molecule has 19 heavy (non-hydrogen) atoms. The van der Waals surface area contributed by atoms with Crippen molar-refractivity contribution in [3.05, 3.63) is 34.9 Å². The summed E-state index contributed by atoms with van der Waals surface area (Å²) in [4.78, 5) is 13.8. The molecule has 2 aliphatic rings. The fourth-order valence-corrected chi connectivity index (χ4v) is 3.68. The summed E-state index contributed by atoms with van der Waals surface area (Å²) in [5, 5.41) is 0. The third-order valence-corrected chi connectivity index (χ3v) is 4.69. The first-order valence-corrected chi connectivity index (χ1v) is 7.29. The number of carbonyl (C=O) groups excluding carboxylic acids is 1. The van der Waals surface area contributed by atoms with E-state index in [0.717, 1.165) is 13.0 Å². The van der Waals surface area contributed by atoms with E-state index in [9.17, 15) is 4.79 Å². The van der Waals surface area contributed by atoms with Gasteiger partial charge in [0.25, 0.3) is 0 Å². The predicted molar refractivity (Wildman–Crippen MR) is 75.8 cm³/mol. The van der Waals surface area contributed by atoms with Gasteiger partial charge in [-0.25, -0.2) is 0 Å². The van der Waals surface area contributed by atoms with E-state index in [-0.39, 0.29) is 11.9 Å². The Morgan fingerprint density at radius 1 is 1.37 bits per heavy atom. The maximum absolute atomic E-state index is 11.8. The minimum Gasteiger partial charge on any atom is -0.336 e. The zero-order chi connectivity index (χ0) is 13.4. The van der Waals surface area contributed by atoms with Crippen LogP contribution in [0.2, 0.25) is 0 Å². The maximum atomic E-state index is 11.8. The van der Waals surface area contributed by atoms with Crippen LogP contribution in [-0.2, 0) is 17.6 Å². The van der Waals surface area contributed by atoms with Crippen LogP contribution < -0.4 is 5.73 Å². The van der Waals surface area contributed by atoms with Crippen molar-refractivity contribution in [2.75, 3.05) is 13.1 Å². The summed E-state index contributed by atoms with van der Waals surface area (Å²) in [6, 6.07) is 6.96. The van der Waals surface area contributed by atoms with Crippen LogP contribution in [0.1, 0.15) is 42.5 Å².